The fourth-order valence-electron chi connectivity index (χ4n) is 3.06. The number of benzene rings is 1. The highest BCUT2D eigenvalue weighted by molar-refractivity contribution is 7.88. The third-order valence-corrected chi connectivity index (χ3v) is 6.31. The van der Waals surface area contributed by atoms with Gasteiger partial charge in [-0.15, -0.1) is 0 Å². The molecule has 0 aliphatic carbocycles. The fraction of sp³-hybridized carbons (Fsp3) is 0.375. The zero-order valence-corrected chi connectivity index (χ0v) is 14.6. The van der Waals surface area contributed by atoms with Gasteiger partial charge >= 0.3 is 0 Å². The molecule has 10 heteroatoms. The summed E-state index contributed by atoms with van der Waals surface area (Å²) in [6.45, 7) is 0.490. The summed E-state index contributed by atoms with van der Waals surface area (Å²) in [6.07, 6.45) is 1.04. The van der Waals surface area contributed by atoms with Crippen LogP contribution in [0.4, 0.5) is 8.78 Å². The first kappa shape index (κ1) is 18.5. The summed E-state index contributed by atoms with van der Waals surface area (Å²) in [5.74, 6) is -2.63. The van der Waals surface area contributed by atoms with Crippen molar-refractivity contribution >= 4 is 15.9 Å². The van der Waals surface area contributed by atoms with Gasteiger partial charge in [0.05, 0.1) is 5.75 Å². The van der Waals surface area contributed by atoms with Crippen LogP contribution >= 0.6 is 0 Å². The maximum absolute atomic E-state index is 13.7. The number of nitrogens with one attached hydrogen (secondary N) is 1. The molecule has 0 atom stereocenters. The maximum atomic E-state index is 13.7. The number of nitrogens with two attached hydrogens (primary N) is 1. The van der Waals surface area contributed by atoms with Crippen LogP contribution in [-0.2, 0) is 15.8 Å². The summed E-state index contributed by atoms with van der Waals surface area (Å²) in [4.78, 5) is 11.1. The standard InChI is InChI=1S/C16H18F2N4O3S/c17-12-1-2-13(18)11(7-12)9-26(24,25)22-5-3-10(4-6-22)14-8-15(16(19)23)21-20-14/h1-2,7-8,10H,3-6,9H2,(H2,19,23)(H,20,21). The van der Waals surface area contributed by atoms with E-state index >= 15 is 0 Å². The van der Waals surface area contributed by atoms with E-state index in [1.165, 1.54) is 4.31 Å². The molecule has 1 aliphatic heterocycles. The number of aromatic amines is 1. The Balaban J connectivity index is 1.66. The predicted molar refractivity (Wildman–Crippen MR) is 89.6 cm³/mol. The SMILES string of the molecule is NC(=O)c1cc(C2CCN(S(=O)(=O)Cc3cc(F)ccc3F)CC2)[nH]n1. The van der Waals surface area contributed by atoms with Crippen molar-refractivity contribution in [1.29, 1.82) is 0 Å². The van der Waals surface area contributed by atoms with Crippen molar-refractivity contribution in [3.8, 4) is 0 Å². The molecule has 0 spiro atoms. The summed E-state index contributed by atoms with van der Waals surface area (Å²) in [5, 5.41) is 6.58. The zero-order valence-electron chi connectivity index (χ0n) is 13.8. The van der Waals surface area contributed by atoms with Gasteiger partial charge in [-0.05, 0) is 37.1 Å². The van der Waals surface area contributed by atoms with Crippen molar-refractivity contribution in [2.24, 2.45) is 5.73 Å². The minimum atomic E-state index is -3.76. The van der Waals surface area contributed by atoms with Gasteiger partial charge in [-0.2, -0.15) is 5.10 Å². The number of carbonyl (C=O) groups excluding carboxylic acids is 1. The van der Waals surface area contributed by atoms with Gasteiger partial charge < -0.3 is 5.73 Å². The number of aromatic nitrogens is 2. The Morgan fingerprint density at radius 2 is 1.96 bits per heavy atom. The Kier molecular flexibility index (Phi) is 5.05. The molecule has 1 aromatic heterocycles. The van der Waals surface area contributed by atoms with Crippen LogP contribution in [0, 0.1) is 11.6 Å². The van der Waals surface area contributed by atoms with E-state index in [0.717, 1.165) is 23.9 Å². The number of carbonyl (C=O) groups is 1. The van der Waals surface area contributed by atoms with E-state index in [1.54, 1.807) is 6.07 Å². The van der Waals surface area contributed by atoms with Crippen LogP contribution in [0.2, 0.25) is 0 Å². The Morgan fingerprint density at radius 3 is 2.58 bits per heavy atom. The van der Waals surface area contributed by atoms with Crippen molar-refractivity contribution in [1.82, 2.24) is 14.5 Å². The number of hydrogen-bond acceptors (Lipinski definition) is 4. The molecule has 26 heavy (non-hydrogen) atoms. The molecule has 0 unspecified atom stereocenters. The minimum Gasteiger partial charge on any atom is -0.364 e. The first-order valence-electron chi connectivity index (χ1n) is 8.03. The smallest absolute Gasteiger partial charge is 0.269 e. The van der Waals surface area contributed by atoms with Crippen molar-refractivity contribution < 1.29 is 22.0 Å². The number of H-pyrrole nitrogens is 1. The van der Waals surface area contributed by atoms with Gasteiger partial charge in [-0.25, -0.2) is 21.5 Å². The number of primary amides is 1. The van der Waals surface area contributed by atoms with E-state index in [2.05, 4.69) is 10.2 Å². The lowest BCUT2D eigenvalue weighted by atomic mass is 9.94. The van der Waals surface area contributed by atoms with E-state index < -0.39 is 33.3 Å². The third-order valence-electron chi connectivity index (χ3n) is 4.48. The molecule has 1 fully saturated rings. The molecular weight excluding hydrogens is 366 g/mol. The van der Waals surface area contributed by atoms with Crippen LogP contribution in [0.3, 0.4) is 0 Å². The molecule has 0 saturated carbocycles. The van der Waals surface area contributed by atoms with Crippen LogP contribution in [-0.4, -0.2) is 41.9 Å². The van der Waals surface area contributed by atoms with Crippen LogP contribution in [0.25, 0.3) is 0 Å². The normalized spacial score (nSPS) is 16.7. The van der Waals surface area contributed by atoms with Crippen LogP contribution in [0.5, 0.6) is 0 Å². The number of rotatable bonds is 5. The van der Waals surface area contributed by atoms with Crippen LogP contribution in [0.15, 0.2) is 24.3 Å². The highest BCUT2D eigenvalue weighted by Gasteiger charge is 2.30. The summed E-state index contributed by atoms with van der Waals surface area (Å²) >= 11 is 0. The highest BCUT2D eigenvalue weighted by Crippen LogP contribution is 2.29. The predicted octanol–water partition coefficient (Wildman–Crippen LogP) is 1.50. The molecule has 2 aromatic rings. The number of piperidine rings is 1. The second-order valence-electron chi connectivity index (χ2n) is 6.24. The largest absolute Gasteiger partial charge is 0.364 e. The van der Waals surface area contributed by atoms with Gasteiger partial charge in [-0.3, -0.25) is 9.89 Å². The molecular formula is C16H18F2N4O3S. The first-order chi connectivity index (χ1) is 12.3. The molecule has 3 rings (SSSR count). The van der Waals surface area contributed by atoms with Crippen molar-refractivity contribution in [3.05, 3.63) is 52.9 Å². The van der Waals surface area contributed by atoms with E-state index in [4.69, 9.17) is 5.73 Å². The summed E-state index contributed by atoms with van der Waals surface area (Å²) in [6, 6.07) is 4.33. The molecule has 3 N–H and O–H groups in total. The van der Waals surface area contributed by atoms with Gasteiger partial charge in [0.15, 0.2) is 0 Å². The van der Waals surface area contributed by atoms with E-state index in [9.17, 15) is 22.0 Å². The molecule has 2 heterocycles. The molecule has 0 bridgehead atoms. The van der Waals surface area contributed by atoms with E-state index in [0.29, 0.717) is 12.8 Å². The molecule has 140 valence electrons. The second kappa shape index (κ2) is 7.12. The third kappa shape index (κ3) is 3.91. The Labute approximate surface area is 149 Å². The van der Waals surface area contributed by atoms with Gasteiger partial charge in [0.1, 0.15) is 17.3 Å². The zero-order chi connectivity index (χ0) is 18.9. The molecule has 1 aromatic carbocycles. The summed E-state index contributed by atoms with van der Waals surface area (Å²) in [5.41, 5.74) is 5.84. The number of amides is 1. The number of hydrogen-bond donors (Lipinski definition) is 2. The van der Waals surface area contributed by atoms with Gasteiger partial charge in [0, 0.05) is 30.3 Å². The lowest BCUT2D eigenvalue weighted by molar-refractivity contribution is 0.0995. The lowest BCUT2D eigenvalue weighted by Crippen LogP contribution is -2.38. The minimum absolute atomic E-state index is 0.0213. The first-order valence-corrected chi connectivity index (χ1v) is 9.64. The Hall–Kier alpha value is -2.33. The quantitative estimate of drug-likeness (QED) is 0.814. The Bertz CT molecular complexity index is 921. The molecule has 1 saturated heterocycles. The summed E-state index contributed by atoms with van der Waals surface area (Å²) in [7, 11) is -3.76. The average Bonchev–Trinajstić information content (AvgIpc) is 3.08. The molecule has 7 nitrogen and oxygen atoms in total. The molecule has 0 radical (unpaired) electrons. The van der Waals surface area contributed by atoms with Gasteiger partial charge in [0.2, 0.25) is 10.0 Å². The average molecular weight is 384 g/mol. The molecule has 1 aliphatic rings. The summed E-state index contributed by atoms with van der Waals surface area (Å²) < 4.78 is 53.3. The second-order valence-corrected chi connectivity index (χ2v) is 8.21. The van der Waals surface area contributed by atoms with Crippen LogP contribution < -0.4 is 5.73 Å². The highest BCUT2D eigenvalue weighted by atomic mass is 32.2. The van der Waals surface area contributed by atoms with Crippen molar-refractivity contribution in [3.63, 3.8) is 0 Å². The number of halogens is 2. The van der Waals surface area contributed by atoms with Crippen LogP contribution in [0.1, 0.15) is 40.5 Å². The van der Waals surface area contributed by atoms with Crippen molar-refractivity contribution in [2.75, 3.05) is 13.1 Å². The lowest BCUT2D eigenvalue weighted by Gasteiger charge is -2.30. The van der Waals surface area contributed by atoms with E-state index in [1.807, 2.05) is 0 Å². The Morgan fingerprint density at radius 1 is 1.27 bits per heavy atom. The topological polar surface area (TPSA) is 109 Å². The number of sulfonamides is 1. The monoisotopic (exact) mass is 384 g/mol. The van der Waals surface area contributed by atoms with E-state index in [-0.39, 0.29) is 30.3 Å². The number of nitrogens with zero attached hydrogens (tertiary/aromatic N) is 2. The van der Waals surface area contributed by atoms with Gasteiger partial charge in [-0.1, -0.05) is 0 Å². The maximum Gasteiger partial charge on any atom is 0.269 e. The van der Waals surface area contributed by atoms with Gasteiger partial charge in [0.25, 0.3) is 5.91 Å². The fourth-order valence-corrected chi connectivity index (χ4v) is 4.62. The van der Waals surface area contributed by atoms with Crippen molar-refractivity contribution in [2.45, 2.75) is 24.5 Å². The molecule has 1 amide bonds.